The summed E-state index contributed by atoms with van der Waals surface area (Å²) >= 11 is 0. The third-order valence-electron chi connectivity index (χ3n) is 2.53. The van der Waals surface area contributed by atoms with Gasteiger partial charge in [0.1, 0.15) is 0 Å². The Morgan fingerprint density at radius 2 is 2.25 bits per heavy atom. The van der Waals surface area contributed by atoms with Gasteiger partial charge < -0.3 is 10.0 Å². The number of hydrogen-bond donors (Lipinski definition) is 1. The van der Waals surface area contributed by atoms with Crippen molar-refractivity contribution in [2.24, 2.45) is 0 Å². The summed E-state index contributed by atoms with van der Waals surface area (Å²) in [6.07, 6.45) is 7.25. The van der Waals surface area contributed by atoms with Gasteiger partial charge in [0.15, 0.2) is 0 Å². The van der Waals surface area contributed by atoms with E-state index in [1.54, 1.807) is 6.20 Å². The van der Waals surface area contributed by atoms with Crippen LogP contribution >= 0.6 is 0 Å². The van der Waals surface area contributed by atoms with E-state index >= 15 is 0 Å². The molecule has 0 aromatic carbocycles. The van der Waals surface area contributed by atoms with E-state index in [4.69, 9.17) is 6.42 Å². The SMILES string of the molecule is C#CCN(CC)c1ccc([C@@H](O)CC)nc1. The van der Waals surface area contributed by atoms with Crippen LogP contribution < -0.4 is 4.90 Å². The molecule has 1 heterocycles. The number of aliphatic hydroxyl groups excluding tert-OH is 1. The summed E-state index contributed by atoms with van der Waals surface area (Å²) in [5, 5.41) is 9.61. The van der Waals surface area contributed by atoms with Gasteiger partial charge >= 0.3 is 0 Å². The van der Waals surface area contributed by atoms with Crippen molar-refractivity contribution in [1.82, 2.24) is 4.98 Å². The smallest absolute Gasteiger partial charge is 0.0957 e. The Balaban J connectivity index is 2.81. The molecule has 0 saturated heterocycles. The van der Waals surface area contributed by atoms with Gasteiger partial charge in [-0.1, -0.05) is 12.8 Å². The van der Waals surface area contributed by atoms with Crippen LogP contribution in [0.5, 0.6) is 0 Å². The van der Waals surface area contributed by atoms with Gasteiger partial charge in [-0.05, 0) is 25.5 Å². The van der Waals surface area contributed by atoms with Gasteiger partial charge in [0.05, 0.1) is 30.2 Å². The van der Waals surface area contributed by atoms with Crippen molar-refractivity contribution in [1.29, 1.82) is 0 Å². The van der Waals surface area contributed by atoms with Crippen LogP contribution in [-0.4, -0.2) is 23.2 Å². The number of hydrogen-bond acceptors (Lipinski definition) is 3. The van der Waals surface area contributed by atoms with Gasteiger partial charge in [-0.3, -0.25) is 4.98 Å². The second kappa shape index (κ2) is 6.14. The molecule has 16 heavy (non-hydrogen) atoms. The maximum atomic E-state index is 9.61. The molecule has 0 spiro atoms. The highest BCUT2D eigenvalue weighted by molar-refractivity contribution is 5.45. The first-order chi connectivity index (χ1) is 7.72. The predicted octanol–water partition coefficient (Wildman–Crippen LogP) is 1.98. The van der Waals surface area contributed by atoms with Crippen molar-refractivity contribution in [3.63, 3.8) is 0 Å². The number of nitrogens with zero attached hydrogens (tertiary/aromatic N) is 2. The zero-order chi connectivity index (χ0) is 12.0. The van der Waals surface area contributed by atoms with Gasteiger partial charge in [0, 0.05) is 6.54 Å². The Hall–Kier alpha value is -1.53. The fourth-order valence-electron chi connectivity index (χ4n) is 1.49. The number of anilines is 1. The van der Waals surface area contributed by atoms with Gasteiger partial charge in [0.2, 0.25) is 0 Å². The average Bonchev–Trinajstić information content (AvgIpc) is 2.35. The molecule has 86 valence electrons. The molecule has 3 heteroatoms. The van der Waals surface area contributed by atoms with E-state index in [0.717, 1.165) is 12.2 Å². The predicted molar refractivity (Wildman–Crippen MR) is 66.2 cm³/mol. The molecule has 3 nitrogen and oxygen atoms in total. The topological polar surface area (TPSA) is 36.4 Å². The number of terminal acetylenes is 1. The first-order valence-corrected chi connectivity index (χ1v) is 5.55. The van der Waals surface area contributed by atoms with Crippen LogP contribution in [0.2, 0.25) is 0 Å². The average molecular weight is 218 g/mol. The second-order valence-corrected chi connectivity index (χ2v) is 3.58. The molecule has 0 aliphatic carbocycles. The molecule has 0 amide bonds. The number of pyridine rings is 1. The Morgan fingerprint density at radius 1 is 1.50 bits per heavy atom. The van der Waals surface area contributed by atoms with Crippen molar-refractivity contribution in [3.8, 4) is 12.3 Å². The van der Waals surface area contributed by atoms with Crippen molar-refractivity contribution in [2.75, 3.05) is 18.0 Å². The van der Waals surface area contributed by atoms with Gasteiger partial charge in [-0.15, -0.1) is 6.42 Å². The van der Waals surface area contributed by atoms with Crippen molar-refractivity contribution >= 4 is 5.69 Å². The summed E-state index contributed by atoms with van der Waals surface area (Å²) in [5.74, 6) is 2.61. The van der Waals surface area contributed by atoms with E-state index < -0.39 is 6.10 Å². The molecule has 1 atom stereocenters. The highest BCUT2D eigenvalue weighted by Crippen LogP contribution is 2.17. The summed E-state index contributed by atoms with van der Waals surface area (Å²) in [6.45, 7) is 5.40. The maximum absolute atomic E-state index is 9.61. The van der Waals surface area contributed by atoms with Crippen LogP contribution in [0, 0.1) is 12.3 Å². The maximum Gasteiger partial charge on any atom is 0.0957 e. The Labute approximate surface area is 97.1 Å². The summed E-state index contributed by atoms with van der Waals surface area (Å²) in [5.41, 5.74) is 1.70. The normalized spacial score (nSPS) is 11.9. The molecule has 0 saturated carbocycles. The molecular weight excluding hydrogens is 200 g/mol. The standard InChI is InChI=1S/C13H18N2O/c1-4-9-15(6-3)11-7-8-12(14-10-11)13(16)5-2/h1,7-8,10,13,16H,5-6,9H2,2-3H3/t13-/m0/s1. The minimum Gasteiger partial charge on any atom is -0.387 e. The van der Waals surface area contributed by atoms with E-state index in [1.807, 2.05) is 26.0 Å². The van der Waals surface area contributed by atoms with Crippen LogP contribution in [0.1, 0.15) is 32.1 Å². The van der Waals surface area contributed by atoms with Crippen LogP contribution in [0.15, 0.2) is 18.3 Å². The second-order valence-electron chi connectivity index (χ2n) is 3.58. The van der Waals surface area contributed by atoms with Gasteiger partial charge in [0.25, 0.3) is 0 Å². The molecule has 1 rings (SSSR count). The summed E-state index contributed by atoms with van der Waals surface area (Å²) in [7, 11) is 0. The van der Waals surface area contributed by atoms with E-state index in [-0.39, 0.29) is 0 Å². The Kier molecular flexibility index (Phi) is 4.81. The molecule has 0 aliphatic heterocycles. The largest absolute Gasteiger partial charge is 0.387 e. The quantitative estimate of drug-likeness (QED) is 0.768. The van der Waals surface area contributed by atoms with Crippen molar-refractivity contribution < 1.29 is 5.11 Å². The molecular formula is C13H18N2O. The lowest BCUT2D eigenvalue weighted by Gasteiger charge is -2.20. The van der Waals surface area contributed by atoms with E-state index in [2.05, 4.69) is 15.8 Å². The fourth-order valence-corrected chi connectivity index (χ4v) is 1.49. The van der Waals surface area contributed by atoms with Crippen LogP contribution in [0.3, 0.4) is 0 Å². The highest BCUT2D eigenvalue weighted by atomic mass is 16.3. The summed E-state index contributed by atoms with van der Waals surface area (Å²) < 4.78 is 0. The lowest BCUT2D eigenvalue weighted by atomic mass is 10.2. The molecule has 1 aromatic rings. The molecule has 0 aliphatic rings. The molecule has 1 N–H and O–H groups in total. The van der Waals surface area contributed by atoms with Crippen molar-refractivity contribution in [3.05, 3.63) is 24.0 Å². The third-order valence-corrected chi connectivity index (χ3v) is 2.53. The van der Waals surface area contributed by atoms with E-state index in [0.29, 0.717) is 18.7 Å². The molecule has 0 unspecified atom stereocenters. The molecule has 0 bridgehead atoms. The molecule has 0 fully saturated rings. The Morgan fingerprint density at radius 3 is 2.69 bits per heavy atom. The Bertz CT molecular complexity index is 353. The van der Waals surface area contributed by atoms with Crippen LogP contribution in [0.4, 0.5) is 5.69 Å². The zero-order valence-electron chi connectivity index (χ0n) is 9.85. The highest BCUT2D eigenvalue weighted by Gasteiger charge is 2.07. The lowest BCUT2D eigenvalue weighted by Crippen LogP contribution is -2.23. The number of rotatable bonds is 5. The van der Waals surface area contributed by atoms with Crippen LogP contribution in [0.25, 0.3) is 0 Å². The zero-order valence-corrected chi connectivity index (χ0v) is 9.85. The number of aliphatic hydroxyl groups is 1. The molecule has 1 aromatic heterocycles. The first-order valence-electron chi connectivity index (χ1n) is 5.55. The monoisotopic (exact) mass is 218 g/mol. The van der Waals surface area contributed by atoms with Crippen molar-refractivity contribution in [2.45, 2.75) is 26.4 Å². The minimum atomic E-state index is -0.475. The van der Waals surface area contributed by atoms with E-state index in [1.165, 1.54) is 0 Å². The first kappa shape index (κ1) is 12.5. The van der Waals surface area contributed by atoms with Gasteiger partial charge in [-0.2, -0.15) is 0 Å². The number of aromatic nitrogens is 1. The van der Waals surface area contributed by atoms with E-state index in [9.17, 15) is 5.11 Å². The molecule has 0 radical (unpaired) electrons. The summed E-state index contributed by atoms with van der Waals surface area (Å²) in [6, 6.07) is 3.80. The fraction of sp³-hybridized carbons (Fsp3) is 0.462. The lowest BCUT2D eigenvalue weighted by molar-refractivity contribution is 0.169. The van der Waals surface area contributed by atoms with Gasteiger partial charge in [-0.25, -0.2) is 0 Å². The summed E-state index contributed by atoms with van der Waals surface area (Å²) in [4.78, 5) is 6.29. The minimum absolute atomic E-state index is 0.475. The van der Waals surface area contributed by atoms with Crippen LogP contribution in [-0.2, 0) is 0 Å². The third kappa shape index (κ3) is 2.98.